The van der Waals surface area contributed by atoms with E-state index in [0.29, 0.717) is 25.0 Å². The molecule has 2 saturated heterocycles. The maximum atomic E-state index is 12.9. The van der Waals surface area contributed by atoms with Crippen LogP contribution in [-0.4, -0.2) is 68.8 Å². The fourth-order valence-corrected chi connectivity index (χ4v) is 5.87. The van der Waals surface area contributed by atoms with Gasteiger partial charge in [-0.25, -0.2) is 8.42 Å². The van der Waals surface area contributed by atoms with E-state index in [1.54, 1.807) is 12.1 Å². The fraction of sp³-hybridized carbons (Fsp3) is 0.652. The van der Waals surface area contributed by atoms with Crippen LogP contribution in [0.1, 0.15) is 46.0 Å². The van der Waals surface area contributed by atoms with Gasteiger partial charge < -0.3 is 15.0 Å². The van der Waals surface area contributed by atoms with Crippen molar-refractivity contribution in [3.8, 4) is 5.75 Å². The van der Waals surface area contributed by atoms with Crippen LogP contribution < -0.4 is 10.1 Å². The SMILES string of the molecule is COc1ccc(S(=O)(=O)N2CCC(C(=O)N[C@@H](CC(C)C)C(=O)N3CCCC3)CC2)cc1. The van der Waals surface area contributed by atoms with Crippen LogP contribution in [-0.2, 0) is 19.6 Å². The molecule has 2 aliphatic heterocycles. The maximum Gasteiger partial charge on any atom is 0.245 e. The molecule has 2 heterocycles. The normalized spacial score (nSPS) is 19.2. The molecule has 178 valence electrons. The number of carbonyl (C=O) groups excluding carboxylic acids is 2. The van der Waals surface area contributed by atoms with E-state index in [9.17, 15) is 18.0 Å². The van der Waals surface area contributed by atoms with Gasteiger partial charge in [0.05, 0.1) is 12.0 Å². The Balaban J connectivity index is 1.59. The highest BCUT2D eigenvalue weighted by molar-refractivity contribution is 7.89. The standard InChI is InChI=1S/C23H35N3O5S/c1-17(2)16-21(23(28)25-12-4-5-13-25)24-22(27)18-10-14-26(15-11-18)32(29,30)20-8-6-19(31-3)7-9-20/h6-9,17-18,21H,4-5,10-16H2,1-3H3,(H,24,27)/t21-/m0/s1. The number of methoxy groups -OCH3 is 1. The summed E-state index contributed by atoms with van der Waals surface area (Å²) in [5.41, 5.74) is 0. The van der Waals surface area contributed by atoms with Gasteiger partial charge in [0.15, 0.2) is 0 Å². The Kier molecular flexibility index (Phi) is 8.16. The summed E-state index contributed by atoms with van der Waals surface area (Å²) < 4.78 is 32.4. The average Bonchev–Trinajstić information content (AvgIpc) is 3.33. The van der Waals surface area contributed by atoms with Crippen LogP contribution >= 0.6 is 0 Å². The van der Waals surface area contributed by atoms with Crippen molar-refractivity contribution in [1.82, 2.24) is 14.5 Å². The third-order valence-electron chi connectivity index (χ3n) is 6.26. The highest BCUT2D eigenvalue weighted by Gasteiger charge is 2.34. The zero-order valence-corrected chi connectivity index (χ0v) is 20.1. The molecule has 1 aromatic rings. The predicted molar refractivity (Wildman–Crippen MR) is 122 cm³/mol. The minimum atomic E-state index is -3.61. The van der Waals surface area contributed by atoms with Gasteiger partial charge in [0.1, 0.15) is 11.8 Å². The van der Waals surface area contributed by atoms with E-state index in [4.69, 9.17) is 4.74 Å². The second kappa shape index (κ2) is 10.7. The topological polar surface area (TPSA) is 96.0 Å². The Morgan fingerprint density at radius 2 is 1.66 bits per heavy atom. The van der Waals surface area contributed by atoms with E-state index >= 15 is 0 Å². The Morgan fingerprint density at radius 3 is 2.19 bits per heavy atom. The molecule has 0 saturated carbocycles. The quantitative estimate of drug-likeness (QED) is 0.635. The molecule has 2 fully saturated rings. The number of rotatable bonds is 8. The molecule has 0 unspecified atom stereocenters. The molecular weight excluding hydrogens is 430 g/mol. The van der Waals surface area contributed by atoms with Crippen molar-refractivity contribution >= 4 is 21.8 Å². The van der Waals surface area contributed by atoms with Gasteiger partial charge in [-0.2, -0.15) is 4.31 Å². The molecule has 2 amide bonds. The zero-order chi connectivity index (χ0) is 23.3. The Morgan fingerprint density at radius 1 is 1.06 bits per heavy atom. The molecule has 1 atom stereocenters. The van der Waals surface area contributed by atoms with E-state index in [0.717, 1.165) is 25.9 Å². The summed E-state index contributed by atoms with van der Waals surface area (Å²) in [7, 11) is -2.08. The summed E-state index contributed by atoms with van der Waals surface area (Å²) >= 11 is 0. The molecule has 1 N–H and O–H groups in total. The van der Waals surface area contributed by atoms with Crippen LogP contribution in [0.2, 0.25) is 0 Å². The second-order valence-corrected chi connectivity index (χ2v) is 11.0. The number of hydrogen-bond donors (Lipinski definition) is 1. The van der Waals surface area contributed by atoms with Gasteiger partial charge in [0, 0.05) is 32.1 Å². The number of ether oxygens (including phenoxy) is 1. The molecule has 3 rings (SSSR count). The molecular formula is C23H35N3O5S. The van der Waals surface area contributed by atoms with Gasteiger partial charge >= 0.3 is 0 Å². The number of carbonyl (C=O) groups is 2. The number of amides is 2. The Labute approximate surface area is 191 Å². The molecule has 0 aromatic heterocycles. The summed E-state index contributed by atoms with van der Waals surface area (Å²) in [6.45, 7) is 6.15. The van der Waals surface area contributed by atoms with Crippen molar-refractivity contribution < 1.29 is 22.7 Å². The van der Waals surface area contributed by atoms with Gasteiger partial charge in [-0.1, -0.05) is 13.8 Å². The maximum absolute atomic E-state index is 12.9. The molecule has 2 aliphatic rings. The van der Waals surface area contributed by atoms with Crippen molar-refractivity contribution in [2.24, 2.45) is 11.8 Å². The molecule has 8 nitrogen and oxygen atoms in total. The minimum absolute atomic E-state index is 0.00377. The second-order valence-electron chi connectivity index (χ2n) is 9.08. The Bertz CT molecular complexity index is 887. The van der Waals surface area contributed by atoms with Crippen LogP contribution in [0, 0.1) is 11.8 Å². The van der Waals surface area contributed by atoms with Gasteiger partial charge in [0.2, 0.25) is 21.8 Å². The first-order valence-corrected chi connectivity index (χ1v) is 12.9. The number of nitrogens with one attached hydrogen (secondary N) is 1. The van der Waals surface area contributed by atoms with Gasteiger partial charge in [-0.3, -0.25) is 9.59 Å². The van der Waals surface area contributed by atoms with Gasteiger partial charge in [-0.15, -0.1) is 0 Å². The van der Waals surface area contributed by atoms with Crippen molar-refractivity contribution in [3.05, 3.63) is 24.3 Å². The largest absolute Gasteiger partial charge is 0.497 e. The summed E-state index contributed by atoms with van der Waals surface area (Å²) in [4.78, 5) is 27.9. The van der Waals surface area contributed by atoms with Crippen molar-refractivity contribution in [3.63, 3.8) is 0 Å². The highest BCUT2D eigenvalue weighted by Crippen LogP contribution is 2.25. The number of piperidine rings is 1. The van der Waals surface area contributed by atoms with Crippen molar-refractivity contribution in [1.29, 1.82) is 0 Å². The average molecular weight is 466 g/mol. The zero-order valence-electron chi connectivity index (χ0n) is 19.2. The van der Waals surface area contributed by atoms with E-state index in [-0.39, 0.29) is 41.6 Å². The molecule has 0 bridgehead atoms. The predicted octanol–water partition coefficient (Wildman–Crippen LogP) is 2.25. The summed E-state index contributed by atoms with van der Waals surface area (Å²) in [5.74, 6) is 0.439. The summed E-state index contributed by atoms with van der Waals surface area (Å²) in [6.07, 6.45) is 3.50. The van der Waals surface area contributed by atoms with E-state index in [2.05, 4.69) is 5.32 Å². The number of sulfonamides is 1. The smallest absolute Gasteiger partial charge is 0.245 e. The third-order valence-corrected chi connectivity index (χ3v) is 8.17. The molecule has 9 heteroatoms. The number of benzene rings is 1. The number of likely N-dealkylation sites (tertiary alicyclic amines) is 1. The van der Waals surface area contributed by atoms with Crippen LogP contribution in [0.3, 0.4) is 0 Å². The Hall–Kier alpha value is -2.13. The van der Waals surface area contributed by atoms with E-state index < -0.39 is 16.1 Å². The lowest BCUT2D eigenvalue weighted by molar-refractivity contribution is -0.137. The number of nitrogens with zero attached hydrogens (tertiary/aromatic N) is 2. The summed E-state index contributed by atoms with van der Waals surface area (Å²) in [6, 6.07) is 5.81. The van der Waals surface area contributed by atoms with Crippen LogP contribution in [0.4, 0.5) is 0 Å². The van der Waals surface area contributed by atoms with E-state index in [1.165, 1.54) is 23.5 Å². The first-order valence-electron chi connectivity index (χ1n) is 11.5. The molecule has 32 heavy (non-hydrogen) atoms. The van der Waals surface area contributed by atoms with Crippen LogP contribution in [0.25, 0.3) is 0 Å². The first-order chi connectivity index (χ1) is 15.2. The third kappa shape index (κ3) is 5.81. The number of hydrogen-bond acceptors (Lipinski definition) is 5. The monoisotopic (exact) mass is 465 g/mol. The molecule has 0 spiro atoms. The lowest BCUT2D eigenvalue weighted by Gasteiger charge is -2.32. The van der Waals surface area contributed by atoms with Crippen LogP contribution in [0.5, 0.6) is 5.75 Å². The van der Waals surface area contributed by atoms with Crippen molar-refractivity contribution in [2.75, 3.05) is 33.3 Å². The minimum Gasteiger partial charge on any atom is -0.497 e. The highest BCUT2D eigenvalue weighted by atomic mass is 32.2. The lowest BCUT2D eigenvalue weighted by Crippen LogP contribution is -2.51. The van der Waals surface area contributed by atoms with Crippen LogP contribution in [0.15, 0.2) is 29.2 Å². The van der Waals surface area contributed by atoms with E-state index in [1.807, 2.05) is 18.7 Å². The molecule has 1 aromatic carbocycles. The molecule has 0 radical (unpaired) electrons. The fourth-order valence-electron chi connectivity index (χ4n) is 4.40. The molecule has 0 aliphatic carbocycles. The van der Waals surface area contributed by atoms with Crippen molar-refractivity contribution in [2.45, 2.75) is 56.9 Å². The summed E-state index contributed by atoms with van der Waals surface area (Å²) in [5, 5.41) is 2.98. The van der Waals surface area contributed by atoms with Gasteiger partial charge in [-0.05, 0) is 62.3 Å². The lowest BCUT2D eigenvalue weighted by atomic mass is 9.95. The first kappa shape index (κ1) is 24.5. The van der Waals surface area contributed by atoms with Gasteiger partial charge in [0.25, 0.3) is 0 Å².